The quantitative estimate of drug-likeness (QED) is 0.771. The smallest absolute Gasteiger partial charge is 0.121 e. The summed E-state index contributed by atoms with van der Waals surface area (Å²) >= 11 is 0. The minimum Gasteiger partial charge on any atom is -0.508 e. The van der Waals surface area contributed by atoms with Gasteiger partial charge in [-0.05, 0) is 31.0 Å². The fraction of sp³-hybridized carbons (Fsp3) is 0.333. The molecule has 0 saturated carbocycles. The lowest BCUT2D eigenvalue weighted by molar-refractivity contribution is 0.317. The normalized spacial score (nSPS) is 11.9. The Kier molecular flexibility index (Phi) is 5.50. The summed E-state index contributed by atoms with van der Waals surface area (Å²) in [6.07, 6.45) is 1.88. The molecule has 0 aliphatic carbocycles. The van der Waals surface area contributed by atoms with Gasteiger partial charge in [-0.25, -0.2) is 0 Å². The van der Waals surface area contributed by atoms with Crippen LogP contribution in [0.15, 0.2) is 48.5 Å². The summed E-state index contributed by atoms with van der Waals surface area (Å²) in [5, 5.41) is 13.5. The maximum Gasteiger partial charge on any atom is 0.121 e. The van der Waals surface area contributed by atoms with Crippen LogP contribution in [0, 0.1) is 0 Å². The lowest BCUT2D eigenvalue weighted by Gasteiger charge is -2.20. The van der Waals surface area contributed by atoms with E-state index in [2.05, 4.69) is 19.2 Å². The average molecular weight is 285 g/mol. The van der Waals surface area contributed by atoms with Crippen LogP contribution in [-0.4, -0.2) is 11.7 Å². The van der Waals surface area contributed by atoms with E-state index in [4.69, 9.17) is 4.74 Å². The summed E-state index contributed by atoms with van der Waals surface area (Å²) in [4.78, 5) is 0. The zero-order chi connectivity index (χ0) is 15.1. The minimum absolute atomic E-state index is 0.0765. The third-order valence-electron chi connectivity index (χ3n) is 3.37. The van der Waals surface area contributed by atoms with Crippen LogP contribution < -0.4 is 10.1 Å². The van der Waals surface area contributed by atoms with Gasteiger partial charge in [0.1, 0.15) is 11.5 Å². The molecule has 1 atom stereocenters. The molecule has 2 aromatic rings. The molecular formula is C18H23NO2. The molecule has 0 aromatic heterocycles. The Morgan fingerprint density at radius 3 is 2.62 bits per heavy atom. The van der Waals surface area contributed by atoms with E-state index in [1.165, 1.54) is 0 Å². The molecule has 3 heteroatoms. The van der Waals surface area contributed by atoms with Gasteiger partial charge < -0.3 is 15.2 Å². The first-order chi connectivity index (χ1) is 10.2. The van der Waals surface area contributed by atoms with Crippen LogP contribution in [0.25, 0.3) is 0 Å². The Hall–Kier alpha value is -2.16. The Labute approximate surface area is 126 Å². The number of benzene rings is 2. The maximum atomic E-state index is 10.00. The molecule has 21 heavy (non-hydrogen) atoms. The van der Waals surface area contributed by atoms with E-state index in [9.17, 15) is 5.11 Å². The molecule has 0 amide bonds. The number of rotatable bonds is 7. The van der Waals surface area contributed by atoms with Gasteiger partial charge >= 0.3 is 0 Å². The van der Waals surface area contributed by atoms with Crippen molar-refractivity contribution in [2.45, 2.75) is 32.7 Å². The van der Waals surface area contributed by atoms with Crippen LogP contribution in [0.5, 0.6) is 11.5 Å². The predicted molar refractivity (Wildman–Crippen MR) is 87.0 cm³/mol. The average Bonchev–Trinajstić information content (AvgIpc) is 2.52. The van der Waals surface area contributed by atoms with Gasteiger partial charge in [-0.2, -0.15) is 0 Å². The lowest BCUT2D eigenvalue weighted by Crippen LogP contribution is -2.10. The molecule has 0 bridgehead atoms. The Morgan fingerprint density at radius 1 is 1.10 bits per heavy atom. The van der Waals surface area contributed by atoms with E-state index < -0.39 is 0 Å². The third-order valence-corrected chi connectivity index (χ3v) is 3.37. The number of para-hydroxylation sites is 1. The molecule has 0 aliphatic rings. The molecule has 0 fully saturated rings. The van der Waals surface area contributed by atoms with Gasteiger partial charge in [-0.1, -0.05) is 38.1 Å². The molecule has 0 saturated heterocycles. The Balaban J connectivity index is 2.13. The molecule has 2 rings (SSSR count). The fourth-order valence-corrected chi connectivity index (χ4v) is 2.28. The number of anilines is 1. The van der Waals surface area contributed by atoms with Crippen LogP contribution in [0.2, 0.25) is 0 Å². The van der Waals surface area contributed by atoms with E-state index in [0.29, 0.717) is 5.75 Å². The number of nitrogens with one attached hydrogen (secondary N) is 1. The standard InChI is InChI=1S/C18H23NO2/c1-3-12-21-15-9-7-8-14(13-15)19-17(4-2)16-10-5-6-11-18(16)20/h5-11,13,17,19-20H,3-4,12H2,1-2H3. The highest BCUT2D eigenvalue weighted by Gasteiger charge is 2.13. The fourth-order valence-electron chi connectivity index (χ4n) is 2.28. The molecule has 112 valence electrons. The molecule has 2 aromatic carbocycles. The summed E-state index contributed by atoms with van der Waals surface area (Å²) in [7, 11) is 0. The van der Waals surface area contributed by atoms with E-state index >= 15 is 0 Å². The number of hydrogen-bond donors (Lipinski definition) is 2. The largest absolute Gasteiger partial charge is 0.508 e. The van der Waals surface area contributed by atoms with Crippen molar-refractivity contribution in [3.05, 3.63) is 54.1 Å². The van der Waals surface area contributed by atoms with Crippen LogP contribution >= 0.6 is 0 Å². The molecular weight excluding hydrogens is 262 g/mol. The van der Waals surface area contributed by atoms with Gasteiger partial charge in [0.2, 0.25) is 0 Å². The predicted octanol–water partition coefficient (Wildman–Crippen LogP) is 4.74. The minimum atomic E-state index is 0.0765. The van der Waals surface area contributed by atoms with Crippen molar-refractivity contribution in [1.29, 1.82) is 0 Å². The Bertz CT molecular complexity index is 569. The highest BCUT2D eigenvalue weighted by atomic mass is 16.5. The SMILES string of the molecule is CCCOc1cccc(NC(CC)c2ccccc2O)c1. The number of phenols is 1. The molecule has 2 N–H and O–H groups in total. The number of ether oxygens (including phenoxy) is 1. The first-order valence-corrected chi connectivity index (χ1v) is 7.51. The summed E-state index contributed by atoms with van der Waals surface area (Å²) in [5.41, 5.74) is 1.92. The Morgan fingerprint density at radius 2 is 1.90 bits per heavy atom. The first-order valence-electron chi connectivity index (χ1n) is 7.51. The van der Waals surface area contributed by atoms with Crippen molar-refractivity contribution in [2.75, 3.05) is 11.9 Å². The van der Waals surface area contributed by atoms with Crippen molar-refractivity contribution < 1.29 is 9.84 Å². The van der Waals surface area contributed by atoms with E-state index in [1.807, 2.05) is 42.5 Å². The second-order valence-electron chi connectivity index (χ2n) is 5.04. The van der Waals surface area contributed by atoms with Crippen molar-refractivity contribution in [3.8, 4) is 11.5 Å². The van der Waals surface area contributed by atoms with Crippen LogP contribution in [0.3, 0.4) is 0 Å². The van der Waals surface area contributed by atoms with Gasteiger partial charge in [0, 0.05) is 17.3 Å². The van der Waals surface area contributed by atoms with Gasteiger partial charge in [0.25, 0.3) is 0 Å². The molecule has 0 heterocycles. The number of aromatic hydroxyl groups is 1. The second-order valence-corrected chi connectivity index (χ2v) is 5.04. The summed E-state index contributed by atoms with van der Waals surface area (Å²) in [6.45, 7) is 4.91. The summed E-state index contributed by atoms with van der Waals surface area (Å²) in [6, 6.07) is 15.5. The zero-order valence-corrected chi connectivity index (χ0v) is 12.7. The summed E-state index contributed by atoms with van der Waals surface area (Å²) in [5.74, 6) is 1.20. The van der Waals surface area contributed by atoms with E-state index in [-0.39, 0.29) is 6.04 Å². The highest BCUT2D eigenvalue weighted by Crippen LogP contribution is 2.30. The van der Waals surface area contributed by atoms with Crippen LogP contribution in [0.1, 0.15) is 38.3 Å². The van der Waals surface area contributed by atoms with Crippen LogP contribution in [0.4, 0.5) is 5.69 Å². The highest BCUT2D eigenvalue weighted by molar-refractivity contribution is 5.51. The van der Waals surface area contributed by atoms with Crippen molar-refractivity contribution >= 4 is 5.69 Å². The number of hydrogen-bond acceptors (Lipinski definition) is 3. The first kappa shape index (κ1) is 15.2. The summed E-state index contributed by atoms with van der Waals surface area (Å²) < 4.78 is 5.65. The number of phenolic OH excluding ortho intramolecular Hbond substituents is 1. The van der Waals surface area contributed by atoms with Crippen molar-refractivity contribution in [2.24, 2.45) is 0 Å². The van der Waals surface area contributed by atoms with Crippen LogP contribution in [-0.2, 0) is 0 Å². The topological polar surface area (TPSA) is 41.5 Å². The molecule has 1 unspecified atom stereocenters. The molecule has 0 spiro atoms. The second kappa shape index (κ2) is 7.58. The van der Waals surface area contributed by atoms with E-state index in [1.54, 1.807) is 6.07 Å². The monoisotopic (exact) mass is 285 g/mol. The van der Waals surface area contributed by atoms with E-state index in [0.717, 1.165) is 36.4 Å². The third kappa shape index (κ3) is 4.15. The molecule has 3 nitrogen and oxygen atoms in total. The van der Waals surface area contributed by atoms with Crippen molar-refractivity contribution in [1.82, 2.24) is 0 Å². The lowest BCUT2D eigenvalue weighted by atomic mass is 10.0. The van der Waals surface area contributed by atoms with Gasteiger partial charge in [0.15, 0.2) is 0 Å². The molecule has 0 radical (unpaired) electrons. The molecule has 0 aliphatic heterocycles. The van der Waals surface area contributed by atoms with Gasteiger partial charge in [-0.15, -0.1) is 0 Å². The van der Waals surface area contributed by atoms with Crippen molar-refractivity contribution in [3.63, 3.8) is 0 Å². The maximum absolute atomic E-state index is 10.00. The van der Waals surface area contributed by atoms with Gasteiger partial charge in [0.05, 0.1) is 12.6 Å². The zero-order valence-electron chi connectivity index (χ0n) is 12.7. The van der Waals surface area contributed by atoms with Gasteiger partial charge in [-0.3, -0.25) is 0 Å².